The van der Waals surface area contributed by atoms with Gasteiger partial charge < -0.3 is 9.47 Å². The average molecular weight is 568 g/mol. The highest BCUT2D eigenvalue weighted by atomic mass is 79.9. The topological polar surface area (TPSA) is 18.5 Å². The lowest BCUT2D eigenvalue weighted by molar-refractivity contribution is 0.184. The van der Waals surface area contributed by atoms with Crippen LogP contribution in [-0.4, -0.2) is 24.9 Å². The second kappa shape index (κ2) is 16.9. The molecule has 0 unspecified atom stereocenters. The van der Waals surface area contributed by atoms with Crippen LogP contribution in [0.3, 0.4) is 0 Å². The molecule has 0 aliphatic heterocycles. The number of halogens is 2. The third-order valence-corrected chi connectivity index (χ3v) is 7.13. The van der Waals surface area contributed by atoms with Gasteiger partial charge in [0.1, 0.15) is 0 Å². The van der Waals surface area contributed by atoms with Gasteiger partial charge in [-0.25, -0.2) is 0 Å². The number of ether oxygens (including phenoxy) is 2. The SMILES string of the molecule is COCc1ccc(-c2ccc(COC)c(CCCCCCBr)c2)cc1CCCCCCBr. The molecule has 0 aliphatic carbocycles. The highest BCUT2D eigenvalue weighted by Crippen LogP contribution is 2.28. The lowest BCUT2D eigenvalue weighted by Crippen LogP contribution is -1.99. The van der Waals surface area contributed by atoms with Crippen LogP contribution in [0.5, 0.6) is 0 Å². The average Bonchev–Trinajstić information content (AvgIpc) is 2.81. The maximum absolute atomic E-state index is 5.47. The minimum Gasteiger partial charge on any atom is -0.380 e. The van der Waals surface area contributed by atoms with Crippen LogP contribution in [0.2, 0.25) is 0 Å². The van der Waals surface area contributed by atoms with Gasteiger partial charge in [-0.3, -0.25) is 0 Å². The van der Waals surface area contributed by atoms with Gasteiger partial charge in [0.2, 0.25) is 0 Å². The molecule has 0 saturated carbocycles. The van der Waals surface area contributed by atoms with Gasteiger partial charge >= 0.3 is 0 Å². The van der Waals surface area contributed by atoms with E-state index in [4.69, 9.17) is 9.47 Å². The van der Waals surface area contributed by atoms with E-state index in [1.165, 1.54) is 84.7 Å². The van der Waals surface area contributed by atoms with E-state index in [1.54, 1.807) is 14.2 Å². The Bertz CT molecular complexity index is 711. The lowest BCUT2D eigenvalue weighted by Gasteiger charge is -2.15. The van der Waals surface area contributed by atoms with Crippen molar-refractivity contribution in [1.82, 2.24) is 0 Å². The molecule has 0 atom stereocenters. The predicted octanol–water partition coefficient (Wildman–Crippen LogP) is 8.64. The van der Waals surface area contributed by atoms with Crippen LogP contribution in [0.25, 0.3) is 11.1 Å². The molecule has 32 heavy (non-hydrogen) atoms. The van der Waals surface area contributed by atoms with Crippen molar-refractivity contribution in [2.75, 3.05) is 24.9 Å². The summed E-state index contributed by atoms with van der Waals surface area (Å²) in [5, 5.41) is 2.21. The highest BCUT2D eigenvalue weighted by Gasteiger charge is 2.09. The minimum absolute atomic E-state index is 0.684. The zero-order chi connectivity index (χ0) is 23.0. The van der Waals surface area contributed by atoms with E-state index in [2.05, 4.69) is 68.3 Å². The molecule has 0 aliphatic rings. The number of methoxy groups -OCH3 is 2. The summed E-state index contributed by atoms with van der Waals surface area (Å²) in [5.41, 5.74) is 8.12. The summed E-state index contributed by atoms with van der Waals surface area (Å²) in [6, 6.07) is 13.8. The Morgan fingerprint density at radius 2 is 0.938 bits per heavy atom. The quantitative estimate of drug-likeness (QED) is 0.141. The fraction of sp³-hybridized carbons (Fsp3) is 0.571. The van der Waals surface area contributed by atoms with Crippen LogP contribution < -0.4 is 0 Å². The van der Waals surface area contributed by atoms with Gasteiger partial charge in [-0.15, -0.1) is 0 Å². The Labute approximate surface area is 212 Å². The first kappa shape index (κ1) is 27.6. The second-order valence-electron chi connectivity index (χ2n) is 8.54. The van der Waals surface area contributed by atoms with Crippen molar-refractivity contribution in [2.24, 2.45) is 0 Å². The van der Waals surface area contributed by atoms with E-state index in [0.717, 1.165) is 23.5 Å². The third kappa shape index (κ3) is 9.67. The zero-order valence-electron chi connectivity index (χ0n) is 19.9. The summed E-state index contributed by atoms with van der Waals surface area (Å²) in [6.45, 7) is 1.37. The largest absolute Gasteiger partial charge is 0.380 e. The summed E-state index contributed by atoms with van der Waals surface area (Å²) in [4.78, 5) is 0. The molecular weight excluding hydrogens is 528 g/mol. The molecule has 4 heteroatoms. The maximum Gasteiger partial charge on any atom is 0.0715 e. The Morgan fingerprint density at radius 1 is 0.531 bits per heavy atom. The predicted molar refractivity (Wildman–Crippen MR) is 145 cm³/mol. The number of rotatable bonds is 17. The summed E-state index contributed by atoms with van der Waals surface area (Å²) in [5.74, 6) is 0. The summed E-state index contributed by atoms with van der Waals surface area (Å²) >= 11 is 7.07. The van der Waals surface area contributed by atoms with Crippen molar-refractivity contribution in [1.29, 1.82) is 0 Å². The zero-order valence-corrected chi connectivity index (χ0v) is 23.1. The van der Waals surface area contributed by atoms with Gasteiger partial charge in [0.25, 0.3) is 0 Å². The van der Waals surface area contributed by atoms with Crippen molar-refractivity contribution >= 4 is 31.9 Å². The van der Waals surface area contributed by atoms with Crippen molar-refractivity contribution < 1.29 is 9.47 Å². The van der Waals surface area contributed by atoms with E-state index in [-0.39, 0.29) is 0 Å². The van der Waals surface area contributed by atoms with E-state index in [0.29, 0.717) is 13.2 Å². The lowest BCUT2D eigenvalue weighted by atomic mass is 9.92. The molecule has 178 valence electrons. The Morgan fingerprint density at radius 3 is 1.31 bits per heavy atom. The number of alkyl halides is 2. The normalized spacial score (nSPS) is 11.2. The smallest absolute Gasteiger partial charge is 0.0715 e. The number of hydrogen-bond acceptors (Lipinski definition) is 2. The van der Waals surface area contributed by atoms with Gasteiger partial charge in [0.05, 0.1) is 13.2 Å². The van der Waals surface area contributed by atoms with E-state index in [1.807, 2.05) is 0 Å². The summed E-state index contributed by atoms with van der Waals surface area (Å²) < 4.78 is 10.9. The molecule has 0 fully saturated rings. The first-order chi connectivity index (χ1) is 15.7. The van der Waals surface area contributed by atoms with E-state index < -0.39 is 0 Å². The van der Waals surface area contributed by atoms with Crippen LogP contribution in [0.1, 0.15) is 73.6 Å². The maximum atomic E-state index is 5.47. The Balaban J connectivity index is 2.18. The Kier molecular flexibility index (Phi) is 14.5. The molecule has 0 N–H and O–H groups in total. The van der Waals surface area contributed by atoms with Gasteiger partial charge in [0, 0.05) is 24.9 Å². The molecule has 2 aromatic rings. The van der Waals surface area contributed by atoms with Gasteiger partial charge in [-0.2, -0.15) is 0 Å². The molecule has 0 bridgehead atoms. The molecule has 2 nitrogen and oxygen atoms in total. The standard InChI is InChI=1S/C28H40Br2O2/c1-31-21-27-15-13-25(19-23(27)11-7-3-5-9-17-29)26-14-16-28(22-32-2)24(20-26)12-8-4-6-10-18-30/h13-16,19-20H,3-12,17-18,21-22H2,1-2H3. The van der Waals surface area contributed by atoms with Crippen molar-refractivity contribution in [3.05, 3.63) is 58.7 Å². The molecule has 2 rings (SSSR count). The van der Waals surface area contributed by atoms with Gasteiger partial charge in [-0.1, -0.05) is 93.9 Å². The Hall–Kier alpha value is -0.680. The van der Waals surface area contributed by atoms with Crippen LogP contribution in [0, 0.1) is 0 Å². The first-order valence-corrected chi connectivity index (χ1v) is 14.3. The summed E-state index contributed by atoms with van der Waals surface area (Å²) in [6.07, 6.45) is 12.4. The molecular formula is C28H40Br2O2. The molecule has 0 heterocycles. The van der Waals surface area contributed by atoms with Crippen molar-refractivity contribution in [3.63, 3.8) is 0 Å². The monoisotopic (exact) mass is 566 g/mol. The molecule has 0 aromatic heterocycles. The van der Waals surface area contributed by atoms with E-state index >= 15 is 0 Å². The number of unbranched alkanes of at least 4 members (excludes halogenated alkanes) is 6. The van der Waals surface area contributed by atoms with Crippen LogP contribution in [0.15, 0.2) is 36.4 Å². The first-order valence-electron chi connectivity index (χ1n) is 12.1. The van der Waals surface area contributed by atoms with Crippen LogP contribution in [-0.2, 0) is 35.5 Å². The molecule has 0 radical (unpaired) electrons. The molecule has 2 aromatic carbocycles. The van der Waals surface area contributed by atoms with E-state index in [9.17, 15) is 0 Å². The fourth-order valence-electron chi connectivity index (χ4n) is 4.20. The van der Waals surface area contributed by atoms with Gasteiger partial charge in [0.15, 0.2) is 0 Å². The number of aryl methyl sites for hydroxylation is 2. The summed E-state index contributed by atoms with van der Waals surface area (Å²) in [7, 11) is 3.57. The fourth-order valence-corrected chi connectivity index (χ4v) is 4.99. The van der Waals surface area contributed by atoms with Crippen LogP contribution in [0.4, 0.5) is 0 Å². The number of hydrogen-bond donors (Lipinski definition) is 0. The van der Waals surface area contributed by atoms with Crippen molar-refractivity contribution in [3.8, 4) is 11.1 Å². The van der Waals surface area contributed by atoms with Crippen LogP contribution >= 0.6 is 31.9 Å². The number of benzene rings is 2. The molecule has 0 saturated heterocycles. The third-order valence-electron chi connectivity index (χ3n) is 6.01. The van der Waals surface area contributed by atoms with Crippen molar-refractivity contribution in [2.45, 2.75) is 77.4 Å². The molecule has 0 amide bonds. The second-order valence-corrected chi connectivity index (χ2v) is 10.1. The van der Waals surface area contributed by atoms with Gasteiger partial charge in [-0.05, 0) is 71.9 Å². The molecule has 0 spiro atoms. The highest BCUT2D eigenvalue weighted by molar-refractivity contribution is 9.09. The minimum atomic E-state index is 0.684.